The molecule has 0 bridgehead atoms. The van der Waals surface area contributed by atoms with Gasteiger partial charge < -0.3 is 4.74 Å². The van der Waals surface area contributed by atoms with Crippen LogP contribution in [-0.2, 0) is 0 Å². The Morgan fingerprint density at radius 1 is 1.16 bits per heavy atom. The van der Waals surface area contributed by atoms with Crippen molar-refractivity contribution in [2.45, 2.75) is 11.7 Å². The molecule has 0 amide bonds. The first kappa shape index (κ1) is 14.7. The first-order chi connectivity index (χ1) is 8.87. The van der Waals surface area contributed by atoms with Gasteiger partial charge in [-0.15, -0.1) is 36.1 Å². The zero-order valence-electron chi connectivity index (χ0n) is 9.25. The molecule has 2 aromatic rings. The third-order valence-corrected chi connectivity index (χ3v) is 4.82. The van der Waals surface area contributed by atoms with Crippen molar-refractivity contribution in [1.82, 2.24) is 0 Å². The van der Waals surface area contributed by atoms with Crippen molar-refractivity contribution in [3.05, 3.63) is 50.6 Å². The van der Waals surface area contributed by atoms with Gasteiger partial charge in [-0.3, -0.25) is 0 Å². The molecule has 7 heteroatoms. The fourth-order valence-corrected chi connectivity index (χ4v) is 3.63. The van der Waals surface area contributed by atoms with Crippen molar-refractivity contribution in [3.8, 4) is 5.75 Å². The molecule has 0 saturated carbocycles. The zero-order chi connectivity index (χ0) is 14.0. The van der Waals surface area contributed by atoms with Crippen molar-refractivity contribution in [2.75, 3.05) is 0 Å². The van der Waals surface area contributed by atoms with E-state index in [0.717, 1.165) is 9.35 Å². The van der Waals surface area contributed by atoms with E-state index in [9.17, 15) is 13.2 Å². The first-order valence-corrected chi connectivity index (χ1v) is 7.20. The summed E-state index contributed by atoms with van der Waals surface area (Å²) in [5.74, 6) is -0.259. The van der Waals surface area contributed by atoms with Gasteiger partial charge in [-0.2, -0.15) is 0 Å². The van der Waals surface area contributed by atoms with Gasteiger partial charge in [0, 0.05) is 9.35 Å². The minimum Gasteiger partial charge on any atom is -0.406 e. The SMILES string of the molecule is FC(F)(F)Oc1ccc(C(Cl)c2sccc2Br)cc1. The smallest absolute Gasteiger partial charge is 0.406 e. The molecule has 2 rings (SSSR count). The normalized spacial score (nSPS) is 13.3. The average Bonchev–Trinajstić information content (AvgIpc) is 2.73. The summed E-state index contributed by atoms with van der Waals surface area (Å²) in [6.07, 6.45) is -4.68. The van der Waals surface area contributed by atoms with E-state index < -0.39 is 11.7 Å². The van der Waals surface area contributed by atoms with Gasteiger partial charge in [-0.1, -0.05) is 12.1 Å². The summed E-state index contributed by atoms with van der Waals surface area (Å²) in [5.41, 5.74) is 0.708. The summed E-state index contributed by atoms with van der Waals surface area (Å²) in [4.78, 5) is 0.908. The summed E-state index contributed by atoms with van der Waals surface area (Å²) >= 11 is 11.1. The van der Waals surface area contributed by atoms with E-state index in [1.807, 2.05) is 11.4 Å². The van der Waals surface area contributed by atoms with E-state index in [0.29, 0.717) is 5.56 Å². The number of rotatable bonds is 3. The summed E-state index contributed by atoms with van der Waals surface area (Å²) in [6, 6.07) is 7.41. The number of hydrogen-bond donors (Lipinski definition) is 0. The van der Waals surface area contributed by atoms with Gasteiger partial charge in [0.05, 0.1) is 5.38 Å². The van der Waals surface area contributed by atoms with Gasteiger partial charge in [0.2, 0.25) is 0 Å². The van der Waals surface area contributed by atoms with Crippen molar-refractivity contribution < 1.29 is 17.9 Å². The maximum atomic E-state index is 12.0. The van der Waals surface area contributed by atoms with Crippen LogP contribution in [0.4, 0.5) is 13.2 Å². The summed E-state index contributed by atoms with van der Waals surface area (Å²) in [7, 11) is 0. The Morgan fingerprint density at radius 2 is 1.79 bits per heavy atom. The number of hydrogen-bond acceptors (Lipinski definition) is 2. The van der Waals surface area contributed by atoms with Crippen LogP contribution in [-0.4, -0.2) is 6.36 Å². The lowest BCUT2D eigenvalue weighted by molar-refractivity contribution is -0.274. The minimum absolute atomic E-state index is 0.259. The number of alkyl halides is 4. The van der Waals surface area contributed by atoms with Gasteiger partial charge in [0.1, 0.15) is 5.75 Å². The Balaban J connectivity index is 2.17. The first-order valence-electron chi connectivity index (χ1n) is 5.09. The third kappa shape index (κ3) is 3.87. The highest BCUT2D eigenvalue weighted by molar-refractivity contribution is 9.10. The van der Waals surface area contributed by atoms with Crippen molar-refractivity contribution in [3.63, 3.8) is 0 Å². The van der Waals surface area contributed by atoms with E-state index >= 15 is 0 Å². The molecule has 0 N–H and O–H groups in total. The van der Waals surface area contributed by atoms with Crippen molar-refractivity contribution in [1.29, 1.82) is 0 Å². The van der Waals surface area contributed by atoms with Crippen molar-refractivity contribution >= 4 is 38.9 Å². The largest absolute Gasteiger partial charge is 0.573 e. The fourth-order valence-electron chi connectivity index (χ4n) is 1.48. The molecule has 102 valence electrons. The van der Waals surface area contributed by atoms with E-state index in [1.54, 1.807) is 0 Å². The standard InChI is InChI=1S/C12H7BrClF3OS/c13-9-5-6-19-11(9)10(14)7-1-3-8(4-2-7)18-12(15,16)17/h1-6,10H. The maximum Gasteiger partial charge on any atom is 0.573 e. The molecule has 19 heavy (non-hydrogen) atoms. The van der Waals surface area contributed by atoms with Gasteiger partial charge in [0.15, 0.2) is 0 Å². The molecule has 0 spiro atoms. The predicted molar refractivity (Wildman–Crippen MR) is 72.8 cm³/mol. The van der Waals surface area contributed by atoms with Gasteiger partial charge in [-0.05, 0) is 45.1 Å². The van der Waals surface area contributed by atoms with E-state index in [4.69, 9.17) is 11.6 Å². The number of benzene rings is 1. The van der Waals surface area contributed by atoms with Gasteiger partial charge in [0.25, 0.3) is 0 Å². The van der Waals surface area contributed by atoms with Crippen LogP contribution in [0.5, 0.6) is 5.75 Å². The molecule has 0 fully saturated rings. The molecular weight excluding hydrogens is 365 g/mol. The second-order valence-corrected chi connectivity index (χ2v) is 5.85. The molecule has 1 atom stereocenters. The monoisotopic (exact) mass is 370 g/mol. The Kier molecular flexibility index (Phi) is 4.43. The van der Waals surface area contributed by atoms with Gasteiger partial charge >= 0.3 is 6.36 Å². The van der Waals surface area contributed by atoms with Crippen LogP contribution in [0.1, 0.15) is 15.8 Å². The molecule has 0 aliphatic heterocycles. The summed E-state index contributed by atoms with van der Waals surface area (Å²) in [6.45, 7) is 0. The highest BCUT2D eigenvalue weighted by atomic mass is 79.9. The fraction of sp³-hybridized carbons (Fsp3) is 0.167. The predicted octanol–water partition coefficient (Wildman–Crippen LogP) is 5.74. The van der Waals surface area contributed by atoms with Gasteiger partial charge in [-0.25, -0.2) is 0 Å². The maximum absolute atomic E-state index is 12.0. The lowest BCUT2D eigenvalue weighted by Gasteiger charge is -2.11. The zero-order valence-corrected chi connectivity index (χ0v) is 12.4. The summed E-state index contributed by atoms with van der Waals surface area (Å²) < 4.78 is 40.8. The topological polar surface area (TPSA) is 9.23 Å². The lowest BCUT2D eigenvalue weighted by Crippen LogP contribution is -2.17. The molecule has 0 aliphatic carbocycles. The molecule has 1 heterocycles. The molecule has 1 unspecified atom stereocenters. The van der Waals surface area contributed by atoms with E-state index in [1.165, 1.54) is 35.6 Å². The minimum atomic E-state index is -4.68. The lowest BCUT2D eigenvalue weighted by atomic mass is 10.1. The average molecular weight is 372 g/mol. The Bertz CT molecular complexity index is 553. The number of halogens is 5. The Morgan fingerprint density at radius 3 is 2.26 bits per heavy atom. The van der Waals surface area contributed by atoms with Crippen LogP contribution in [0.2, 0.25) is 0 Å². The van der Waals surface area contributed by atoms with Crippen molar-refractivity contribution in [2.24, 2.45) is 0 Å². The second kappa shape index (κ2) is 5.73. The van der Waals surface area contributed by atoms with E-state index in [-0.39, 0.29) is 5.75 Å². The van der Waals surface area contributed by atoms with E-state index in [2.05, 4.69) is 20.7 Å². The Hall–Kier alpha value is -0.720. The molecule has 0 saturated heterocycles. The van der Waals surface area contributed by atoms with Crippen LogP contribution in [0.3, 0.4) is 0 Å². The van der Waals surface area contributed by atoms with Crippen LogP contribution in [0, 0.1) is 0 Å². The third-order valence-electron chi connectivity index (χ3n) is 2.28. The molecule has 1 nitrogen and oxygen atoms in total. The number of thiophene rings is 1. The van der Waals surface area contributed by atoms with Crippen LogP contribution in [0.15, 0.2) is 40.2 Å². The Labute approximate surface area is 125 Å². The molecule has 1 aromatic heterocycles. The molecular formula is C12H7BrClF3OS. The highest BCUT2D eigenvalue weighted by Gasteiger charge is 2.31. The molecule has 0 aliphatic rings. The van der Waals surface area contributed by atoms with Crippen LogP contribution >= 0.6 is 38.9 Å². The summed E-state index contributed by atoms with van der Waals surface area (Å²) in [5, 5.41) is 1.48. The quantitative estimate of drug-likeness (QED) is 0.625. The second-order valence-electron chi connectivity index (χ2n) is 3.61. The number of ether oxygens (including phenoxy) is 1. The highest BCUT2D eigenvalue weighted by Crippen LogP contribution is 2.38. The molecule has 0 radical (unpaired) electrons. The molecule has 1 aromatic carbocycles. The van der Waals surface area contributed by atoms with Crippen LogP contribution in [0.25, 0.3) is 0 Å². The van der Waals surface area contributed by atoms with Crippen LogP contribution < -0.4 is 4.74 Å².